The first-order valence-electron chi connectivity index (χ1n) is 7.43. The molecule has 2 aliphatic heterocycles. The van der Waals surface area contributed by atoms with Crippen LogP contribution in [0, 0.1) is 0 Å². The normalized spacial score (nSPS) is 23.2. The van der Waals surface area contributed by atoms with E-state index in [4.69, 9.17) is 5.11 Å². The van der Waals surface area contributed by atoms with Gasteiger partial charge in [0.2, 0.25) is 10.0 Å². The number of carbonyl (C=O) groups is 1. The van der Waals surface area contributed by atoms with Crippen LogP contribution in [0.4, 0.5) is 0 Å². The number of piperidine rings is 1. The second kappa shape index (κ2) is 6.87. The standard InChI is InChI=1S/C13H24N2O4S/c16-13(17)4-3-11-20(18,19)15-9-5-12(6-10-15)14-7-1-2-8-14/h12H,1-11H2,(H,16,17). The molecule has 2 fully saturated rings. The maximum absolute atomic E-state index is 12.1. The number of aliphatic carboxylic acids is 1. The van der Waals surface area contributed by atoms with Gasteiger partial charge >= 0.3 is 5.97 Å². The molecule has 6 nitrogen and oxygen atoms in total. The first kappa shape index (κ1) is 15.7. The van der Waals surface area contributed by atoms with E-state index in [0.29, 0.717) is 19.1 Å². The Labute approximate surface area is 120 Å². The van der Waals surface area contributed by atoms with Gasteiger partial charge in [0.15, 0.2) is 0 Å². The fraction of sp³-hybridized carbons (Fsp3) is 0.923. The molecule has 0 spiro atoms. The van der Waals surface area contributed by atoms with Crippen molar-refractivity contribution in [2.45, 2.75) is 44.6 Å². The summed E-state index contributed by atoms with van der Waals surface area (Å²) in [4.78, 5) is 12.9. The van der Waals surface area contributed by atoms with Gasteiger partial charge in [-0.3, -0.25) is 4.79 Å². The van der Waals surface area contributed by atoms with Crippen molar-refractivity contribution in [3.05, 3.63) is 0 Å². The molecule has 0 aromatic rings. The van der Waals surface area contributed by atoms with Gasteiger partial charge in [0.25, 0.3) is 0 Å². The van der Waals surface area contributed by atoms with Gasteiger partial charge in [-0.15, -0.1) is 0 Å². The van der Waals surface area contributed by atoms with Gasteiger partial charge in [0, 0.05) is 25.6 Å². The van der Waals surface area contributed by atoms with Crippen molar-refractivity contribution in [1.82, 2.24) is 9.21 Å². The molecule has 0 aliphatic carbocycles. The Balaban J connectivity index is 1.78. The van der Waals surface area contributed by atoms with Crippen LogP contribution in [0.25, 0.3) is 0 Å². The fourth-order valence-corrected chi connectivity index (χ4v) is 4.66. The Morgan fingerprint density at radius 3 is 2.25 bits per heavy atom. The highest BCUT2D eigenvalue weighted by Crippen LogP contribution is 2.22. The summed E-state index contributed by atoms with van der Waals surface area (Å²) in [6, 6.07) is 0.531. The van der Waals surface area contributed by atoms with E-state index in [0.717, 1.165) is 25.9 Å². The van der Waals surface area contributed by atoms with Gasteiger partial charge in [0.1, 0.15) is 0 Å². The van der Waals surface area contributed by atoms with Gasteiger partial charge in [0.05, 0.1) is 5.75 Å². The summed E-state index contributed by atoms with van der Waals surface area (Å²) in [6.45, 7) is 3.46. The van der Waals surface area contributed by atoms with Crippen molar-refractivity contribution in [2.24, 2.45) is 0 Å². The molecule has 0 atom stereocenters. The van der Waals surface area contributed by atoms with Crippen LogP contribution >= 0.6 is 0 Å². The van der Waals surface area contributed by atoms with E-state index >= 15 is 0 Å². The monoisotopic (exact) mass is 304 g/mol. The van der Waals surface area contributed by atoms with Crippen molar-refractivity contribution in [1.29, 1.82) is 0 Å². The Hall–Kier alpha value is -0.660. The number of carboxylic acid groups (broad SMARTS) is 1. The topological polar surface area (TPSA) is 77.9 Å². The molecule has 2 rings (SSSR count). The second-order valence-corrected chi connectivity index (χ2v) is 7.78. The van der Waals surface area contributed by atoms with Crippen LogP contribution < -0.4 is 0 Å². The molecule has 0 amide bonds. The predicted molar refractivity (Wildman–Crippen MR) is 76.1 cm³/mol. The number of sulfonamides is 1. The molecule has 116 valence electrons. The third kappa shape index (κ3) is 4.17. The first-order chi connectivity index (χ1) is 9.49. The average molecular weight is 304 g/mol. The summed E-state index contributed by atoms with van der Waals surface area (Å²) < 4.78 is 25.8. The van der Waals surface area contributed by atoms with Crippen LogP contribution in [0.5, 0.6) is 0 Å². The van der Waals surface area contributed by atoms with E-state index in [1.807, 2.05) is 0 Å². The number of hydrogen-bond acceptors (Lipinski definition) is 4. The van der Waals surface area contributed by atoms with Crippen molar-refractivity contribution in [3.8, 4) is 0 Å². The van der Waals surface area contributed by atoms with Crippen LogP contribution in [-0.4, -0.2) is 66.7 Å². The molecule has 2 aliphatic rings. The van der Waals surface area contributed by atoms with Gasteiger partial charge in [-0.05, 0) is 45.2 Å². The number of carboxylic acids is 1. The molecule has 7 heteroatoms. The Kier molecular flexibility index (Phi) is 5.40. The van der Waals surface area contributed by atoms with Crippen molar-refractivity contribution < 1.29 is 18.3 Å². The Morgan fingerprint density at radius 1 is 1.10 bits per heavy atom. The van der Waals surface area contributed by atoms with Crippen LogP contribution in [0.1, 0.15) is 38.5 Å². The average Bonchev–Trinajstić information content (AvgIpc) is 2.92. The SMILES string of the molecule is O=C(O)CCCS(=O)(=O)N1CCC(N2CCCC2)CC1. The van der Waals surface area contributed by atoms with Crippen LogP contribution in [0.2, 0.25) is 0 Å². The molecule has 0 aromatic heterocycles. The quantitative estimate of drug-likeness (QED) is 0.783. The molecule has 2 heterocycles. The molecule has 1 N–H and O–H groups in total. The third-order valence-corrected chi connectivity index (χ3v) is 6.22. The lowest BCUT2D eigenvalue weighted by Gasteiger charge is -2.36. The largest absolute Gasteiger partial charge is 0.481 e. The van der Waals surface area contributed by atoms with Gasteiger partial charge in [-0.25, -0.2) is 12.7 Å². The van der Waals surface area contributed by atoms with Crippen LogP contribution in [0.15, 0.2) is 0 Å². The van der Waals surface area contributed by atoms with E-state index in [-0.39, 0.29) is 18.6 Å². The maximum Gasteiger partial charge on any atom is 0.303 e. The molecule has 0 unspecified atom stereocenters. The molecule has 0 aromatic carbocycles. The van der Waals surface area contributed by atoms with Crippen molar-refractivity contribution in [3.63, 3.8) is 0 Å². The number of nitrogens with zero attached hydrogens (tertiary/aromatic N) is 2. The number of hydrogen-bond donors (Lipinski definition) is 1. The summed E-state index contributed by atoms with van der Waals surface area (Å²) in [7, 11) is -3.27. The van der Waals surface area contributed by atoms with Crippen LogP contribution in [-0.2, 0) is 14.8 Å². The van der Waals surface area contributed by atoms with E-state index in [1.165, 1.54) is 12.8 Å². The minimum Gasteiger partial charge on any atom is -0.481 e. The minimum absolute atomic E-state index is 0.0479. The van der Waals surface area contributed by atoms with E-state index < -0.39 is 16.0 Å². The summed E-state index contributed by atoms with van der Waals surface area (Å²) in [5.41, 5.74) is 0. The van der Waals surface area contributed by atoms with Crippen molar-refractivity contribution >= 4 is 16.0 Å². The van der Waals surface area contributed by atoms with Gasteiger partial charge < -0.3 is 10.0 Å². The lowest BCUT2D eigenvalue weighted by molar-refractivity contribution is -0.137. The van der Waals surface area contributed by atoms with Gasteiger partial charge in [-0.2, -0.15) is 0 Å². The molecule has 0 saturated carbocycles. The highest BCUT2D eigenvalue weighted by molar-refractivity contribution is 7.89. The summed E-state index contributed by atoms with van der Waals surface area (Å²) in [6.07, 6.45) is 4.44. The van der Waals surface area contributed by atoms with Crippen molar-refractivity contribution in [2.75, 3.05) is 31.9 Å². The Bertz CT molecular complexity index is 424. The number of rotatable bonds is 6. The highest BCUT2D eigenvalue weighted by atomic mass is 32.2. The fourth-order valence-electron chi connectivity index (χ4n) is 3.13. The molecular weight excluding hydrogens is 280 g/mol. The highest BCUT2D eigenvalue weighted by Gasteiger charge is 2.31. The molecule has 20 heavy (non-hydrogen) atoms. The zero-order valence-corrected chi connectivity index (χ0v) is 12.6. The minimum atomic E-state index is -3.27. The van der Waals surface area contributed by atoms with Crippen LogP contribution in [0.3, 0.4) is 0 Å². The smallest absolute Gasteiger partial charge is 0.303 e. The van der Waals surface area contributed by atoms with Gasteiger partial charge in [-0.1, -0.05) is 0 Å². The number of likely N-dealkylation sites (tertiary alicyclic amines) is 1. The van der Waals surface area contributed by atoms with E-state index in [9.17, 15) is 13.2 Å². The zero-order valence-electron chi connectivity index (χ0n) is 11.8. The first-order valence-corrected chi connectivity index (χ1v) is 9.03. The third-order valence-electron chi connectivity index (χ3n) is 4.27. The summed E-state index contributed by atoms with van der Waals surface area (Å²) in [5.74, 6) is -0.985. The molecular formula is C13H24N2O4S. The molecule has 0 bridgehead atoms. The maximum atomic E-state index is 12.1. The second-order valence-electron chi connectivity index (χ2n) is 5.69. The predicted octanol–water partition coefficient (Wildman–Crippen LogP) is 0.741. The molecule has 0 radical (unpaired) electrons. The lowest BCUT2D eigenvalue weighted by atomic mass is 10.1. The lowest BCUT2D eigenvalue weighted by Crippen LogP contribution is -2.46. The zero-order chi connectivity index (χ0) is 14.6. The summed E-state index contributed by atoms with van der Waals surface area (Å²) in [5, 5.41) is 8.56. The summed E-state index contributed by atoms with van der Waals surface area (Å²) >= 11 is 0. The molecule has 2 saturated heterocycles. The van der Waals surface area contributed by atoms with E-state index in [1.54, 1.807) is 4.31 Å². The Morgan fingerprint density at radius 2 is 1.70 bits per heavy atom. The van der Waals surface area contributed by atoms with E-state index in [2.05, 4.69) is 4.90 Å².